The number of benzene rings is 1. The highest BCUT2D eigenvalue weighted by Gasteiger charge is 2.12. The first-order valence-corrected chi connectivity index (χ1v) is 7.73. The molecule has 0 aromatic heterocycles. The monoisotopic (exact) mass is 308 g/mol. The van der Waals surface area contributed by atoms with Gasteiger partial charge in [0, 0.05) is 30.9 Å². The van der Waals surface area contributed by atoms with Crippen LogP contribution in [0.1, 0.15) is 31.7 Å². The number of nitrogens with one attached hydrogen (secondary N) is 2. The van der Waals surface area contributed by atoms with Crippen LogP contribution in [0.25, 0.3) is 0 Å². The number of rotatable bonds is 4. The number of nitrogens with zero attached hydrogens (tertiary/aromatic N) is 2. The Morgan fingerprint density at radius 3 is 2.81 bits per heavy atom. The maximum absolute atomic E-state index is 14.1. The Balaban J connectivity index is 1.98. The van der Waals surface area contributed by atoms with E-state index in [1.807, 2.05) is 13.0 Å². The van der Waals surface area contributed by atoms with Gasteiger partial charge in [-0.1, -0.05) is 0 Å². The molecule has 1 saturated heterocycles. The van der Waals surface area contributed by atoms with Gasteiger partial charge in [0.15, 0.2) is 5.11 Å². The zero-order chi connectivity index (χ0) is 15.1. The summed E-state index contributed by atoms with van der Waals surface area (Å²) < 4.78 is 14.1. The van der Waals surface area contributed by atoms with E-state index in [1.54, 1.807) is 12.1 Å². The second-order valence-electron chi connectivity index (χ2n) is 4.98. The minimum Gasteiger partial charge on any atom is -0.371 e. The lowest BCUT2D eigenvalue weighted by Gasteiger charge is -2.28. The average Bonchev–Trinajstić information content (AvgIpc) is 2.50. The van der Waals surface area contributed by atoms with Crippen molar-refractivity contribution in [2.75, 3.05) is 24.5 Å². The third-order valence-corrected chi connectivity index (χ3v) is 3.65. The van der Waals surface area contributed by atoms with Crippen LogP contribution in [0.15, 0.2) is 23.3 Å². The standard InChI is InChI=1S/C15H21FN4S/c1-2-17-15(21)19-18-11-12-6-7-13(10-14(12)16)20-8-4-3-5-9-20/h6-7,10-11H,2-5,8-9H2,1H3,(H2,17,19,21). The van der Waals surface area contributed by atoms with Crippen LogP contribution in [-0.2, 0) is 0 Å². The number of thiocarbonyl (C=S) groups is 1. The molecule has 6 heteroatoms. The van der Waals surface area contributed by atoms with Gasteiger partial charge in [-0.25, -0.2) is 4.39 Å². The quantitative estimate of drug-likeness (QED) is 0.510. The summed E-state index contributed by atoms with van der Waals surface area (Å²) in [6.07, 6.45) is 5.06. The van der Waals surface area contributed by atoms with Crippen LogP contribution in [0.3, 0.4) is 0 Å². The summed E-state index contributed by atoms with van der Waals surface area (Å²) in [5, 5.41) is 7.27. The molecule has 0 atom stereocenters. The normalized spacial score (nSPS) is 15.2. The van der Waals surface area contributed by atoms with E-state index in [2.05, 4.69) is 20.7 Å². The number of hydrogen-bond acceptors (Lipinski definition) is 3. The summed E-state index contributed by atoms with van der Waals surface area (Å²) in [6, 6.07) is 5.27. The Hall–Kier alpha value is -1.69. The van der Waals surface area contributed by atoms with Crippen LogP contribution in [-0.4, -0.2) is 31.0 Å². The third-order valence-electron chi connectivity index (χ3n) is 3.41. The van der Waals surface area contributed by atoms with Gasteiger partial charge >= 0.3 is 0 Å². The SMILES string of the molecule is CCNC(=S)NN=Cc1ccc(N2CCCCC2)cc1F. The van der Waals surface area contributed by atoms with E-state index in [1.165, 1.54) is 25.5 Å². The fourth-order valence-corrected chi connectivity index (χ4v) is 2.53. The Morgan fingerprint density at radius 1 is 1.38 bits per heavy atom. The molecule has 1 fully saturated rings. The van der Waals surface area contributed by atoms with Gasteiger partial charge in [-0.2, -0.15) is 5.10 Å². The zero-order valence-electron chi connectivity index (χ0n) is 12.2. The second kappa shape index (κ2) is 7.93. The molecule has 0 unspecified atom stereocenters. The first-order chi connectivity index (χ1) is 10.2. The van der Waals surface area contributed by atoms with Crippen LogP contribution in [0.5, 0.6) is 0 Å². The van der Waals surface area contributed by atoms with Crippen LogP contribution in [0, 0.1) is 5.82 Å². The lowest BCUT2D eigenvalue weighted by Crippen LogP contribution is -2.31. The van der Waals surface area contributed by atoms with Crippen LogP contribution in [0.4, 0.5) is 10.1 Å². The molecule has 1 aromatic carbocycles. The molecule has 1 aromatic rings. The van der Waals surface area contributed by atoms with Gasteiger partial charge in [-0.05, 0) is 56.6 Å². The van der Waals surface area contributed by atoms with E-state index in [0.29, 0.717) is 10.7 Å². The molecule has 4 nitrogen and oxygen atoms in total. The zero-order valence-corrected chi connectivity index (χ0v) is 13.0. The van der Waals surface area contributed by atoms with Crippen molar-refractivity contribution in [2.45, 2.75) is 26.2 Å². The molecule has 2 N–H and O–H groups in total. The van der Waals surface area contributed by atoms with Crippen LogP contribution in [0.2, 0.25) is 0 Å². The first kappa shape index (κ1) is 15.7. The van der Waals surface area contributed by atoms with E-state index in [-0.39, 0.29) is 5.82 Å². The van der Waals surface area contributed by atoms with Crippen LogP contribution < -0.4 is 15.6 Å². The van der Waals surface area contributed by atoms with Crippen molar-refractivity contribution < 1.29 is 4.39 Å². The first-order valence-electron chi connectivity index (χ1n) is 7.32. The van der Waals surface area contributed by atoms with E-state index < -0.39 is 0 Å². The molecule has 0 aliphatic carbocycles. The molecule has 1 heterocycles. The maximum Gasteiger partial charge on any atom is 0.186 e. The fourth-order valence-electron chi connectivity index (χ4n) is 2.33. The molecule has 1 aliphatic heterocycles. The minimum absolute atomic E-state index is 0.266. The molecule has 0 radical (unpaired) electrons. The van der Waals surface area contributed by atoms with Gasteiger partial charge in [-0.15, -0.1) is 0 Å². The molecule has 0 amide bonds. The van der Waals surface area contributed by atoms with Crippen molar-refractivity contribution in [1.29, 1.82) is 0 Å². The second-order valence-corrected chi connectivity index (χ2v) is 5.39. The van der Waals surface area contributed by atoms with Gasteiger partial charge in [0.05, 0.1) is 6.21 Å². The van der Waals surface area contributed by atoms with E-state index in [4.69, 9.17) is 12.2 Å². The van der Waals surface area contributed by atoms with Crippen molar-refractivity contribution in [3.05, 3.63) is 29.6 Å². The number of halogens is 1. The van der Waals surface area contributed by atoms with Crippen molar-refractivity contribution in [3.63, 3.8) is 0 Å². The Labute approximate surface area is 130 Å². The summed E-state index contributed by atoms with van der Waals surface area (Å²) in [6.45, 7) is 4.67. The van der Waals surface area contributed by atoms with Gasteiger partial charge in [0.2, 0.25) is 0 Å². The van der Waals surface area contributed by atoms with Gasteiger partial charge in [-0.3, -0.25) is 5.43 Å². The highest BCUT2D eigenvalue weighted by Crippen LogP contribution is 2.21. The average molecular weight is 308 g/mol. The van der Waals surface area contributed by atoms with E-state index >= 15 is 0 Å². The van der Waals surface area contributed by atoms with Gasteiger partial charge < -0.3 is 10.2 Å². The molecule has 114 valence electrons. The maximum atomic E-state index is 14.1. The lowest BCUT2D eigenvalue weighted by molar-refractivity contribution is 0.574. The van der Waals surface area contributed by atoms with Crippen molar-refractivity contribution in [1.82, 2.24) is 10.7 Å². The topological polar surface area (TPSA) is 39.7 Å². The molecule has 1 aliphatic rings. The lowest BCUT2D eigenvalue weighted by atomic mass is 10.1. The molecule has 2 rings (SSSR count). The minimum atomic E-state index is -0.266. The highest BCUT2D eigenvalue weighted by atomic mass is 32.1. The summed E-state index contributed by atoms with van der Waals surface area (Å²) in [4.78, 5) is 2.23. The van der Waals surface area contributed by atoms with Crippen molar-refractivity contribution in [3.8, 4) is 0 Å². The number of hydrogen-bond donors (Lipinski definition) is 2. The number of hydrazone groups is 1. The molecule has 21 heavy (non-hydrogen) atoms. The van der Waals surface area contributed by atoms with E-state index in [0.717, 1.165) is 25.3 Å². The van der Waals surface area contributed by atoms with Crippen LogP contribution >= 0.6 is 12.2 Å². The number of piperidine rings is 1. The number of anilines is 1. The highest BCUT2D eigenvalue weighted by molar-refractivity contribution is 7.80. The predicted molar refractivity (Wildman–Crippen MR) is 89.5 cm³/mol. The molecule has 0 saturated carbocycles. The Kier molecular flexibility index (Phi) is 5.92. The van der Waals surface area contributed by atoms with Gasteiger partial charge in [0.25, 0.3) is 0 Å². The summed E-state index contributed by atoms with van der Waals surface area (Å²) in [5.41, 5.74) is 4.04. The Morgan fingerprint density at radius 2 is 2.14 bits per heavy atom. The molecular weight excluding hydrogens is 287 g/mol. The fraction of sp³-hybridized carbons (Fsp3) is 0.467. The molecular formula is C15H21FN4S. The molecule has 0 bridgehead atoms. The van der Waals surface area contributed by atoms with Crippen molar-refractivity contribution >= 4 is 29.2 Å². The largest absolute Gasteiger partial charge is 0.371 e. The van der Waals surface area contributed by atoms with Crippen molar-refractivity contribution in [2.24, 2.45) is 5.10 Å². The summed E-state index contributed by atoms with van der Waals surface area (Å²) >= 11 is 4.97. The molecule has 0 spiro atoms. The Bertz CT molecular complexity index is 512. The summed E-state index contributed by atoms with van der Waals surface area (Å²) in [7, 11) is 0. The van der Waals surface area contributed by atoms with Gasteiger partial charge in [0.1, 0.15) is 5.82 Å². The smallest absolute Gasteiger partial charge is 0.186 e. The third kappa shape index (κ3) is 4.67. The predicted octanol–water partition coefficient (Wildman–Crippen LogP) is 2.63. The van der Waals surface area contributed by atoms with E-state index in [9.17, 15) is 4.39 Å². The summed E-state index contributed by atoms with van der Waals surface area (Å²) in [5.74, 6) is -0.266.